The smallest absolute Gasteiger partial charge is 0.0453 e. The van der Waals surface area contributed by atoms with Gasteiger partial charge in [-0.15, -0.1) is 0 Å². The van der Waals surface area contributed by atoms with Crippen molar-refractivity contribution in [3.63, 3.8) is 0 Å². The zero-order chi connectivity index (χ0) is 11.1. The fourth-order valence-corrected chi connectivity index (χ4v) is 2.20. The second-order valence-corrected chi connectivity index (χ2v) is 4.94. The van der Waals surface area contributed by atoms with E-state index in [2.05, 4.69) is 24.6 Å². The monoisotopic (exact) mass is 243 g/mol. The maximum Gasteiger partial charge on any atom is 0.0453 e. The van der Waals surface area contributed by atoms with Crippen molar-refractivity contribution >= 4 is 23.4 Å². The van der Waals surface area contributed by atoms with Gasteiger partial charge in [0.1, 0.15) is 0 Å². The SMILES string of the molecule is CSCCCN[C@H](C)c1ccccc1Cl. The minimum absolute atomic E-state index is 0.334. The van der Waals surface area contributed by atoms with Crippen LogP contribution in [0.3, 0.4) is 0 Å². The summed E-state index contributed by atoms with van der Waals surface area (Å²) in [4.78, 5) is 0. The highest BCUT2D eigenvalue weighted by atomic mass is 35.5. The molecule has 1 aromatic carbocycles. The molecule has 1 rings (SSSR count). The van der Waals surface area contributed by atoms with Crippen molar-refractivity contribution in [3.8, 4) is 0 Å². The number of rotatable bonds is 6. The minimum atomic E-state index is 0.334. The van der Waals surface area contributed by atoms with Gasteiger partial charge in [-0.2, -0.15) is 11.8 Å². The summed E-state index contributed by atoms with van der Waals surface area (Å²) < 4.78 is 0. The van der Waals surface area contributed by atoms with Crippen LogP contribution in [0.15, 0.2) is 24.3 Å². The fraction of sp³-hybridized carbons (Fsp3) is 0.500. The third-order valence-corrected chi connectivity index (χ3v) is 3.39. The molecule has 0 saturated heterocycles. The average molecular weight is 244 g/mol. The summed E-state index contributed by atoms with van der Waals surface area (Å²) in [7, 11) is 0. The summed E-state index contributed by atoms with van der Waals surface area (Å²) in [5, 5.41) is 4.33. The van der Waals surface area contributed by atoms with Crippen molar-refractivity contribution in [2.75, 3.05) is 18.6 Å². The fourth-order valence-electron chi connectivity index (χ4n) is 1.47. The van der Waals surface area contributed by atoms with Gasteiger partial charge < -0.3 is 5.32 Å². The van der Waals surface area contributed by atoms with Crippen LogP contribution in [0.5, 0.6) is 0 Å². The summed E-state index contributed by atoms with van der Waals surface area (Å²) in [5.41, 5.74) is 1.18. The van der Waals surface area contributed by atoms with Gasteiger partial charge in [-0.3, -0.25) is 0 Å². The molecule has 84 valence electrons. The maximum absolute atomic E-state index is 6.12. The van der Waals surface area contributed by atoms with Crippen LogP contribution in [0.2, 0.25) is 5.02 Å². The van der Waals surface area contributed by atoms with E-state index in [1.807, 2.05) is 30.0 Å². The summed E-state index contributed by atoms with van der Waals surface area (Å²) in [5.74, 6) is 1.21. The Labute approximate surface area is 102 Å². The Morgan fingerprint density at radius 2 is 2.13 bits per heavy atom. The molecule has 0 radical (unpaired) electrons. The van der Waals surface area contributed by atoms with Crippen LogP contribution in [0, 0.1) is 0 Å². The molecule has 0 amide bonds. The van der Waals surface area contributed by atoms with Gasteiger partial charge in [-0.05, 0) is 43.5 Å². The number of benzene rings is 1. The lowest BCUT2D eigenvalue weighted by molar-refractivity contribution is 0.573. The van der Waals surface area contributed by atoms with Crippen LogP contribution >= 0.6 is 23.4 Å². The van der Waals surface area contributed by atoms with E-state index in [0.717, 1.165) is 11.6 Å². The molecule has 0 aliphatic rings. The zero-order valence-electron chi connectivity index (χ0n) is 9.29. The summed E-state index contributed by atoms with van der Waals surface area (Å²) >= 11 is 8.00. The van der Waals surface area contributed by atoms with Gasteiger partial charge in [0.25, 0.3) is 0 Å². The highest BCUT2D eigenvalue weighted by Crippen LogP contribution is 2.21. The predicted octanol–water partition coefficient (Wildman–Crippen LogP) is 3.74. The first-order chi connectivity index (χ1) is 7.25. The van der Waals surface area contributed by atoms with Crippen LogP contribution in [-0.2, 0) is 0 Å². The van der Waals surface area contributed by atoms with Crippen molar-refractivity contribution in [1.82, 2.24) is 5.32 Å². The first-order valence-corrected chi connectivity index (χ1v) is 6.99. The predicted molar refractivity (Wildman–Crippen MR) is 70.9 cm³/mol. The third kappa shape index (κ3) is 4.45. The second kappa shape index (κ2) is 7.15. The van der Waals surface area contributed by atoms with Crippen molar-refractivity contribution in [2.24, 2.45) is 0 Å². The van der Waals surface area contributed by atoms with Gasteiger partial charge in [0.15, 0.2) is 0 Å². The van der Waals surface area contributed by atoms with E-state index in [1.54, 1.807) is 0 Å². The van der Waals surface area contributed by atoms with Gasteiger partial charge >= 0.3 is 0 Å². The van der Waals surface area contributed by atoms with Crippen LogP contribution < -0.4 is 5.32 Å². The Kier molecular flexibility index (Phi) is 6.15. The molecule has 3 heteroatoms. The van der Waals surface area contributed by atoms with Gasteiger partial charge in [0, 0.05) is 11.1 Å². The molecule has 15 heavy (non-hydrogen) atoms. The van der Waals surface area contributed by atoms with Crippen molar-refractivity contribution in [2.45, 2.75) is 19.4 Å². The topological polar surface area (TPSA) is 12.0 Å². The van der Waals surface area contributed by atoms with Crippen molar-refractivity contribution in [3.05, 3.63) is 34.9 Å². The molecule has 0 aliphatic heterocycles. The Bertz CT molecular complexity index is 291. The van der Waals surface area contributed by atoms with Gasteiger partial charge in [0.05, 0.1) is 0 Å². The number of thioether (sulfide) groups is 1. The highest BCUT2D eigenvalue weighted by molar-refractivity contribution is 7.98. The molecule has 1 nitrogen and oxygen atoms in total. The third-order valence-electron chi connectivity index (χ3n) is 2.35. The molecule has 1 N–H and O–H groups in total. The Morgan fingerprint density at radius 3 is 2.80 bits per heavy atom. The molecule has 1 aromatic rings. The molecule has 1 atom stereocenters. The number of hydrogen-bond donors (Lipinski definition) is 1. The summed E-state index contributed by atoms with van der Waals surface area (Å²) in [6, 6.07) is 8.35. The maximum atomic E-state index is 6.12. The largest absolute Gasteiger partial charge is 0.310 e. The van der Waals surface area contributed by atoms with Crippen LogP contribution in [-0.4, -0.2) is 18.6 Å². The lowest BCUT2D eigenvalue weighted by Gasteiger charge is -2.15. The standard InChI is InChI=1S/C12H18ClNS/c1-10(14-8-5-9-15-2)11-6-3-4-7-12(11)13/h3-4,6-7,10,14H,5,8-9H2,1-2H3/t10-/m1/s1. The Hall–Kier alpha value is -0.180. The first-order valence-electron chi connectivity index (χ1n) is 5.22. The molecule has 0 aliphatic carbocycles. The van der Waals surface area contributed by atoms with Gasteiger partial charge in [-0.1, -0.05) is 29.8 Å². The normalized spacial score (nSPS) is 12.7. The van der Waals surface area contributed by atoms with Crippen molar-refractivity contribution < 1.29 is 0 Å². The molecule has 0 bridgehead atoms. The number of hydrogen-bond acceptors (Lipinski definition) is 2. The quantitative estimate of drug-likeness (QED) is 0.764. The van der Waals surface area contributed by atoms with Gasteiger partial charge in [0.2, 0.25) is 0 Å². The molecule has 0 spiro atoms. The second-order valence-electron chi connectivity index (χ2n) is 3.54. The first kappa shape index (κ1) is 12.9. The van der Waals surface area contributed by atoms with E-state index in [4.69, 9.17) is 11.6 Å². The molecule has 0 fully saturated rings. The van der Waals surface area contributed by atoms with E-state index < -0.39 is 0 Å². The van der Waals surface area contributed by atoms with Crippen LogP contribution in [0.4, 0.5) is 0 Å². The minimum Gasteiger partial charge on any atom is -0.310 e. The zero-order valence-corrected chi connectivity index (χ0v) is 10.9. The lowest BCUT2D eigenvalue weighted by atomic mass is 10.1. The lowest BCUT2D eigenvalue weighted by Crippen LogP contribution is -2.20. The molecule has 0 saturated carbocycles. The van der Waals surface area contributed by atoms with E-state index in [1.165, 1.54) is 17.7 Å². The van der Waals surface area contributed by atoms with Crippen LogP contribution in [0.1, 0.15) is 24.9 Å². The van der Waals surface area contributed by atoms with E-state index in [-0.39, 0.29) is 0 Å². The Morgan fingerprint density at radius 1 is 1.40 bits per heavy atom. The number of halogens is 1. The summed E-state index contributed by atoms with van der Waals surface area (Å²) in [6.45, 7) is 3.20. The molecule has 0 aromatic heterocycles. The average Bonchev–Trinajstić information content (AvgIpc) is 2.25. The molecular formula is C12H18ClNS. The Balaban J connectivity index is 2.40. The van der Waals surface area contributed by atoms with Crippen LogP contribution in [0.25, 0.3) is 0 Å². The van der Waals surface area contributed by atoms with E-state index in [0.29, 0.717) is 6.04 Å². The highest BCUT2D eigenvalue weighted by Gasteiger charge is 2.07. The summed E-state index contributed by atoms with van der Waals surface area (Å²) in [6.07, 6.45) is 3.34. The molecule has 0 heterocycles. The molecular weight excluding hydrogens is 226 g/mol. The molecule has 0 unspecified atom stereocenters. The van der Waals surface area contributed by atoms with Crippen molar-refractivity contribution in [1.29, 1.82) is 0 Å². The van der Waals surface area contributed by atoms with E-state index in [9.17, 15) is 0 Å². The number of nitrogens with one attached hydrogen (secondary N) is 1. The van der Waals surface area contributed by atoms with Gasteiger partial charge in [-0.25, -0.2) is 0 Å². The van der Waals surface area contributed by atoms with E-state index >= 15 is 0 Å².